The van der Waals surface area contributed by atoms with Crippen LogP contribution < -0.4 is 9.75 Å². The van der Waals surface area contributed by atoms with Crippen molar-refractivity contribution in [2.45, 2.75) is 6.92 Å². The lowest BCUT2D eigenvalue weighted by molar-refractivity contribution is -0.114. The van der Waals surface area contributed by atoms with E-state index in [4.69, 9.17) is 4.74 Å². The van der Waals surface area contributed by atoms with Crippen LogP contribution in [0.3, 0.4) is 0 Å². The zero-order valence-electron chi connectivity index (χ0n) is 11.8. The minimum absolute atomic E-state index is 0.0289. The standard InChI is InChI=1S/C13H12N6O3/c1-7-9(5-8-3-4-10(20)11(6-8)22-2)12(21)19(16-7)13-14-17-18-15-13/h3-6,20H,1-2H3,(H,14,15,17,18)/b9-5-. The Morgan fingerprint density at radius 1 is 1.41 bits per heavy atom. The zero-order chi connectivity index (χ0) is 15.7. The molecule has 1 amide bonds. The molecule has 0 saturated carbocycles. The predicted octanol–water partition coefficient (Wildman–Crippen LogP) is 0.720. The second-order valence-electron chi connectivity index (χ2n) is 4.50. The van der Waals surface area contributed by atoms with E-state index in [-0.39, 0.29) is 17.6 Å². The number of carbonyl (C=O) groups is 1. The fourth-order valence-corrected chi connectivity index (χ4v) is 2.02. The average Bonchev–Trinajstić information content (AvgIpc) is 3.12. The van der Waals surface area contributed by atoms with Crippen molar-refractivity contribution in [3.8, 4) is 11.5 Å². The summed E-state index contributed by atoms with van der Waals surface area (Å²) in [5.74, 6) is 0.0765. The van der Waals surface area contributed by atoms with Crippen LogP contribution in [0.2, 0.25) is 0 Å². The summed E-state index contributed by atoms with van der Waals surface area (Å²) >= 11 is 0. The molecular weight excluding hydrogens is 288 g/mol. The van der Waals surface area contributed by atoms with E-state index in [2.05, 4.69) is 25.7 Å². The molecule has 0 aliphatic carbocycles. The van der Waals surface area contributed by atoms with Gasteiger partial charge in [0.05, 0.1) is 18.4 Å². The minimum atomic E-state index is -0.356. The molecule has 1 aromatic carbocycles. The molecule has 0 radical (unpaired) electrons. The van der Waals surface area contributed by atoms with Crippen molar-refractivity contribution in [3.05, 3.63) is 29.3 Å². The smallest absolute Gasteiger partial charge is 0.293 e. The van der Waals surface area contributed by atoms with Gasteiger partial charge in [0.15, 0.2) is 11.5 Å². The number of nitrogens with one attached hydrogen (secondary N) is 1. The molecule has 112 valence electrons. The summed E-state index contributed by atoms with van der Waals surface area (Å²) in [5.41, 5.74) is 1.63. The molecule has 0 bridgehead atoms. The molecule has 2 N–H and O–H groups in total. The lowest BCUT2D eigenvalue weighted by Crippen LogP contribution is -2.22. The number of hydrazone groups is 1. The molecule has 1 aliphatic heterocycles. The second kappa shape index (κ2) is 5.28. The summed E-state index contributed by atoms with van der Waals surface area (Å²) in [7, 11) is 1.46. The number of phenols is 1. The Labute approximate surface area is 124 Å². The van der Waals surface area contributed by atoms with Gasteiger partial charge in [-0.1, -0.05) is 11.2 Å². The summed E-state index contributed by atoms with van der Waals surface area (Å²) < 4.78 is 5.05. The number of rotatable bonds is 3. The van der Waals surface area contributed by atoms with Crippen molar-refractivity contribution in [2.24, 2.45) is 5.10 Å². The number of H-pyrrole nitrogens is 1. The van der Waals surface area contributed by atoms with Gasteiger partial charge in [-0.15, -0.1) is 5.10 Å². The number of tetrazole rings is 1. The van der Waals surface area contributed by atoms with Gasteiger partial charge in [0, 0.05) is 0 Å². The van der Waals surface area contributed by atoms with E-state index in [1.54, 1.807) is 25.1 Å². The van der Waals surface area contributed by atoms with Crippen molar-refractivity contribution in [1.82, 2.24) is 20.6 Å². The quantitative estimate of drug-likeness (QED) is 0.807. The number of nitrogens with zero attached hydrogens (tertiary/aromatic N) is 5. The maximum Gasteiger partial charge on any atom is 0.293 e. The molecule has 9 nitrogen and oxygen atoms in total. The lowest BCUT2D eigenvalue weighted by atomic mass is 10.1. The number of aromatic amines is 1. The number of ether oxygens (including phenoxy) is 1. The first-order chi connectivity index (χ1) is 10.6. The van der Waals surface area contributed by atoms with E-state index >= 15 is 0 Å². The van der Waals surface area contributed by atoms with Gasteiger partial charge in [0.2, 0.25) is 0 Å². The highest BCUT2D eigenvalue weighted by atomic mass is 16.5. The number of hydrogen-bond acceptors (Lipinski definition) is 7. The summed E-state index contributed by atoms with van der Waals surface area (Å²) in [6.45, 7) is 1.71. The highest BCUT2D eigenvalue weighted by Gasteiger charge is 2.31. The van der Waals surface area contributed by atoms with Crippen molar-refractivity contribution in [1.29, 1.82) is 0 Å². The van der Waals surface area contributed by atoms with Gasteiger partial charge < -0.3 is 9.84 Å². The molecule has 9 heteroatoms. The fraction of sp³-hybridized carbons (Fsp3) is 0.154. The van der Waals surface area contributed by atoms with Crippen molar-refractivity contribution in [2.75, 3.05) is 12.1 Å². The van der Waals surface area contributed by atoms with Gasteiger partial charge in [-0.25, -0.2) is 0 Å². The topological polar surface area (TPSA) is 117 Å². The third-order valence-electron chi connectivity index (χ3n) is 3.10. The zero-order valence-corrected chi connectivity index (χ0v) is 11.8. The van der Waals surface area contributed by atoms with Gasteiger partial charge in [-0.2, -0.15) is 15.3 Å². The van der Waals surface area contributed by atoms with Crippen LogP contribution >= 0.6 is 0 Å². The monoisotopic (exact) mass is 300 g/mol. The Balaban J connectivity index is 1.95. The van der Waals surface area contributed by atoms with E-state index in [1.807, 2.05) is 0 Å². The summed E-state index contributed by atoms with van der Waals surface area (Å²) in [5, 5.41) is 27.9. The van der Waals surface area contributed by atoms with Gasteiger partial charge in [-0.05, 0) is 35.9 Å². The Kier molecular flexibility index (Phi) is 3.30. The normalized spacial score (nSPS) is 16.3. The first-order valence-electron chi connectivity index (χ1n) is 6.32. The number of anilines is 1. The molecule has 2 aromatic rings. The van der Waals surface area contributed by atoms with Gasteiger partial charge in [0.1, 0.15) is 0 Å². The number of benzene rings is 1. The number of hydrogen-bond donors (Lipinski definition) is 2. The molecule has 0 saturated heterocycles. The van der Waals surface area contributed by atoms with Crippen LogP contribution in [-0.2, 0) is 4.79 Å². The van der Waals surface area contributed by atoms with E-state index in [1.165, 1.54) is 13.2 Å². The van der Waals surface area contributed by atoms with Gasteiger partial charge >= 0.3 is 0 Å². The van der Waals surface area contributed by atoms with Crippen LogP contribution in [0.25, 0.3) is 6.08 Å². The van der Waals surface area contributed by atoms with Gasteiger partial charge in [-0.3, -0.25) is 4.79 Å². The maximum atomic E-state index is 12.4. The number of carbonyl (C=O) groups excluding carboxylic acids is 1. The number of amides is 1. The van der Waals surface area contributed by atoms with Crippen LogP contribution in [-0.4, -0.2) is 44.5 Å². The van der Waals surface area contributed by atoms with Crippen LogP contribution in [0.15, 0.2) is 28.9 Å². The first-order valence-corrected chi connectivity index (χ1v) is 6.32. The number of methoxy groups -OCH3 is 1. The molecule has 0 fully saturated rings. The van der Waals surface area contributed by atoms with E-state index < -0.39 is 0 Å². The molecule has 1 aliphatic rings. The summed E-state index contributed by atoms with van der Waals surface area (Å²) in [6.07, 6.45) is 1.66. The summed E-state index contributed by atoms with van der Waals surface area (Å²) in [4.78, 5) is 12.4. The molecule has 2 heterocycles. The molecule has 0 unspecified atom stereocenters. The Hall–Kier alpha value is -3.23. The minimum Gasteiger partial charge on any atom is -0.504 e. The Morgan fingerprint density at radius 3 is 2.91 bits per heavy atom. The predicted molar refractivity (Wildman–Crippen MR) is 77.4 cm³/mol. The molecule has 0 spiro atoms. The van der Waals surface area contributed by atoms with Crippen molar-refractivity contribution < 1.29 is 14.6 Å². The molecular formula is C13H12N6O3. The highest BCUT2D eigenvalue weighted by Crippen LogP contribution is 2.28. The largest absolute Gasteiger partial charge is 0.504 e. The Bertz CT molecular complexity index is 781. The second-order valence-corrected chi connectivity index (χ2v) is 4.50. The highest BCUT2D eigenvalue weighted by molar-refractivity contribution is 6.31. The van der Waals surface area contributed by atoms with E-state index in [9.17, 15) is 9.90 Å². The third kappa shape index (κ3) is 2.28. The number of aromatic hydroxyl groups is 1. The summed E-state index contributed by atoms with van der Waals surface area (Å²) in [6, 6.07) is 4.79. The van der Waals surface area contributed by atoms with Gasteiger partial charge in [0.25, 0.3) is 11.9 Å². The fourth-order valence-electron chi connectivity index (χ4n) is 2.02. The molecule has 22 heavy (non-hydrogen) atoms. The molecule has 3 rings (SSSR count). The van der Waals surface area contributed by atoms with Crippen LogP contribution in [0, 0.1) is 0 Å². The molecule has 0 atom stereocenters. The first kappa shape index (κ1) is 13.7. The Morgan fingerprint density at radius 2 is 2.23 bits per heavy atom. The SMILES string of the molecule is COc1cc(/C=C2\C(=O)N(c3nn[nH]n3)N=C2C)ccc1O. The van der Waals surface area contributed by atoms with Crippen molar-refractivity contribution in [3.63, 3.8) is 0 Å². The van der Waals surface area contributed by atoms with Crippen LogP contribution in [0.5, 0.6) is 11.5 Å². The number of aromatic nitrogens is 4. The van der Waals surface area contributed by atoms with Crippen LogP contribution in [0.1, 0.15) is 12.5 Å². The average molecular weight is 300 g/mol. The van der Waals surface area contributed by atoms with Crippen LogP contribution in [0.4, 0.5) is 5.95 Å². The third-order valence-corrected chi connectivity index (χ3v) is 3.10. The van der Waals surface area contributed by atoms with E-state index in [0.717, 1.165) is 5.01 Å². The lowest BCUT2D eigenvalue weighted by Gasteiger charge is -2.06. The van der Waals surface area contributed by atoms with Crippen molar-refractivity contribution >= 4 is 23.6 Å². The maximum absolute atomic E-state index is 12.4. The molecule has 1 aromatic heterocycles. The van der Waals surface area contributed by atoms with E-state index in [0.29, 0.717) is 22.6 Å². The number of phenolic OH excluding ortho intramolecular Hbond substituents is 1.